The molecular formula is C26H24. The van der Waals surface area contributed by atoms with Crippen LogP contribution in [0.1, 0.15) is 38.8 Å². The summed E-state index contributed by atoms with van der Waals surface area (Å²) in [6.45, 7) is 9.32. The second-order valence-electron chi connectivity index (χ2n) is 8.14. The third-order valence-electron chi connectivity index (χ3n) is 6.23. The molecule has 128 valence electrons. The summed E-state index contributed by atoms with van der Waals surface area (Å²) in [5.41, 5.74) is 5.19. The molecule has 0 N–H and O–H groups in total. The van der Waals surface area contributed by atoms with Crippen LogP contribution in [0.4, 0.5) is 0 Å². The van der Waals surface area contributed by atoms with E-state index >= 15 is 0 Å². The van der Waals surface area contributed by atoms with Crippen molar-refractivity contribution in [2.24, 2.45) is 10.8 Å². The normalized spacial score (nSPS) is 17.4. The molecule has 1 aliphatic rings. The Kier molecular flexibility index (Phi) is 3.78. The van der Waals surface area contributed by atoms with E-state index < -0.39 is 0 Å². The van der Waals surface area contributed by atoms with Crippen LogP contribution in [-0.4, -0.2) is 0 Å². The SMILES string of the molecule is CC1(C)C(C#Cc2ccccc2)=C(c2cccc3ccccc23)C1(C)C. The van der Waals surface area contributed by atoms with Gasteiger partial charge in [-0.05, 0) is 34.0 Å². The Balaban J connectivity index is 1.95. The fraction of sp³-hybridized carbons (Fsp3) is 0.231. The number of hydrogen-bond acceptors (Lipinski definition) is 0. The first-order valence-electron chi connectivity index (χ1n) is 9.23. The van der Waals surface area contributed by atoms with Crippen molar-refractivity contribution in [3.05, 3.63) is 89.5 Å². The zero-order valence-corrected chi connectivity index (χ0v) is 15.9. The van der Waals surface area contributed by atoms with Crippen LogP contribution in [0.2, 0.25) is 0 Å². The van der Waals surface area contributed by atoms with E-state index in [-0.39, 0.29) is 10.8 Å². The van der Waals surface area contributed by atoms with Gasteiger partial charge in [0.2, 0.25) is 0 Å². The number of allylic oxidation sites excluding steroid dienone is 2. The van der Waals surface area contributed by atoms with E-state index in [2.05, 4.69) is 94.1 Å². The van der Waals surface area contributed by atoms with Crippen molar-refractivity contribution in [3.63, 3.8) is 0 Å². The van der Waals surface area contributed by atoms with Gasteiger partial charge in [0, 0.05) is 22.0 Å². The Morgan fingerprint density at radius 2 is 1.27 bits per heavy atom. The van der Waals surface area contributed by atoms with E-state index in [0.29, 0.717) is 0 Å². The van der Waals surface area contributed by atoms with Gasteiger partial charge in [-0.25, -0.2) is 0 Å². The van der Waals surface area contributed by atoms with Gasteiger partial charge in [0.25, 0.3) is 0 Å². The van der Waals surface area contributed by atoms with Crippen molar-refractivity contribution in [1.82, 2.24) is 0 Å². The van der Waals surface area contributed by atoms with Crippen molar-refractivity contribution in [1.29, 1.82) is 0 Å². The highest BCUT2D eigenvalue weighted by Crippen LogP contribution is 2.64. The third-order valence-corrected chi connectivity index (χ3v) is 6.23. The van der Waals surface area contributed by atoms with E-state index in [4.69, 9.17) is 0 Å². The number of hydrogen-bond donors (Lipinski definition) is 0. The molecule has 0 heterocycles. The highest BCUT2D eigenvalue weighted by molar-refractivity contribution is 5.99. The van der Waals surface area contributed by atoms with Gasteiger partial charge in [0.15, 0.2) is 0 Å². The van der Waals surface area contributed by atoms with E-state index in [1.165, 1.54) is 27.5 Å². The molecule has 0 bridgehead atoms. The zero-order valence-electron chi connectivity index (χ0n) is 15.9. The number of benzene rings is 3. The van der Waals surface area contributed by atoms with Crippen molar-refractivity contribution in [2.45, 2.75) is 27.7 Å². The van der Waals surface area contributed by atoms with Gasteiger partial charge >= 0.3 is 0 Å². The van der Waals surface area contributed by atoms with Crippen LogP contribution in [0.5, 0.6) is 0 Å². The predicted molar refractivity (Wildman–Crippen MR) is 112 cm³/mol. The molecule has 0 spiro atoms. The molecule has 0 saturated carbocycles. The van der Waals surface area contributed by atoms with Crippen LogP contribution in [0, 0.1) is 22.7 Å². The molecule has 0 aromatic heterocycles. The lowest BCUT2D eigenvalue weighted by Crippen LogP contribution is -2.45. The summed E-state index contributed by atoms with van der Waals surface area (Å²) >= 11 is 0. The molecule has 0 heteroatoms. The standard InChI is InChI=1S/C26H24/c1-25(2)23(18-17-19-11-6-5-7-12-19)24(26(25,3)4)22-16-10-14-20-13-8-9-15-21(20)22/h5-16H,1-4H3. The molecule has 3 aromatic carbocycles. The smallest absolute Gasteiger partial charge is 0.0248 e. The summed E-state index contributed by atoms with van der Waals surface area (Å²) in [7, 11) is 0. The molecule has 4 rings (SSSR count). The zero-order chi connectivity index (χ0) is 18.4. The first-order valence-corrected chi connectivity index (χ1v) is 9.23. The lowest BCUT2D eigenvalue weighted by Gasteiger charge is -2.54. The third kappa shape index (κ3) is 2.39. The Morgan fingerprint density at radius 1 is 0.615 bits per heavy atom. The molecule has 0 atom stereocenters. The van der Waals surface area contributed by atoms with Gasteiger partial charge in [-0.3, -0.25) is 0 Å². The first kappa shape index (κ1) is 16.7. The first-order chi connectivity index (χ1) is 12.4. The van der Waals surface area contributed by atoms with Crippen LogP contribution in [0.15, 0.2) is 78.4 Å². The fourth-order valence-corrected chi connectivity index (χ4v) is 3.98. The lowest BCUT2D eigenvalue weighted by molar-refractivity contribution is 0.193. The summed E-state index contributed by atoms with van der Waals surface area (Å²) in [5.74, 6) is 6.90. The number of rotatable bonds is 1. The molecule has 0 nitrogen and oxygen atoms in total. The Bertz CT molecular complexity index is 1060. The molecule has 0 aliphatic heterocycles. The van der Waals surface area contributed by atoms with Crippen molar-refractivity contribution < 1.29 is 0 Å². The van der Waals surface area contributed by atoms with Crippen LogP contribution >= 0.6 is 0 Å². The van der Waals surface area contributed by atoms with Crippen molar-refractivity contribution in [3.8, 4) is 11.8 Å². The summed E-state index contributed by atoms with van der Waals surface area (Å²) < 4.78 is 0. The average Bonchev–Trinajstić information content (AvgIpc) is 2.65. The maximum atomic E-state index is 3.52. The highest BCUT2D eigenvalue weighted by Gasteiger charge is 2.53. The summed E-state index contributed by atoms with van der Waals surface area (Å²) in [6, 6.07) is 25.5. The van der Waals surface area contributed by atoms with Crippen LogP contribution in [0.25, 0.3) is 16.3 Å². The fourth-order valence-electron chi connectivity index (χ4n) is 3.98. The largest absolute Gasteiger partial charge is 0.0652 e. The van der Waals surface area contributed by atoms with E-state index in [1.807, 2.05) is 18.2 Å². The molecule has 0 amide bonds. The van der Waals surface area contributed by atoms with Crippen molar-refractivity contribution in [2.75, 3.05) is 0 Å². The molecule has 0 radical (unpaired) electrons. The monoisotopic (exact) mass is 336 g/mol. The quantitative estimate of drug-likeness (QED) is 0.433. The van der Waals surface area contributed by atoms with Crippen LogP contribution in [-0.2, 0) is 0 Å². The Hall–Kier alpha value is -2.78. The predicted octanol–water partition coefficient (Wildman–Crippen LogP) is 6.71. The van der Waals surface area contributed by atoms with Crippen molar-refractivity contribution >= 4 is 16.3 Å². The molecule has 26 heavy (non-hydrogen) atoms. The summed E-state index contributed by atoms with van der Waals surface area (Å²) in [4.78, 5) is 0. The van der Waals surface area contributed by atoms with Gasteiger partial charge in [-0.2, -0.15) is 0 Å². The van der Waals surface area contributed by atoms with Gasteiger partial charge < -0.3 is 0 Å². The second-order valence-corrected chi connectivity index (χ2v) is 8.14. The maximum absolute atomic E-state index is 3.52. The summed E-state index contributed by atoms with van der Waals surface area (Å²) in [6.07, 6.45) is 0. The molecule has 0 fully saturated rings. The second kappa shape index (κ2) is 5.89. The minimum Gasteiger partial charge on any atom is -0.0652 e. The van der Waals surface area contributed by atoms with Gasteiger partial charge in [-0.1, -0.05) is 100 Å². The maximum Gasteiger partial charge on any atom is 0.0248 e. The Labute approximate surface area is 156 Å². The molecular weight excluding hydrogens is 312 g/mol. The van der Waals surface area contributed by atoms with E-state index in [1.54, 1.807) is 0 Å². The average molecular weight is 336 g/mol. The summed E-state index contributed by atoms with van der Waals surface area (Å²) in [5, 5.41) is 2.60. The Morgan fingerprint density at radius 3 is 2.04 bits per heavy atom. The molecule has 0 saturated heterocycles. The van der Waals surface area contributed by atoms with Gasteiger partial charge in [0.1, 0.15) is 0 Å². The lowest BCUT2D eigenvalue weighted by atomic mass is 9.48. The number of fused-ring (bicyclic) bond motifs is 1. The highest BCUT2D eigenvalue weighted by atomic mass is 14.6. The van der Waals surface area contributed by atoms with Crippen LogP contribution in [0.3, 0.4) is 0 Å². The van der Waals surface area contributed by atoms with Crippen LogP contribution < -0.4 is 0 Å². The van der Waals surface area contributed by atoms with E-state index in [9.17, 15) is 0 Å². The molecule has 0 unspecified atom stereocenters. The minimum absolute atomic E-state index is 0.0566. The van der Waals surface area contributed by atoms with E-state index in [0.717, 1.165) is 5.56 Å². The van der Waals surface area contributed by atoms with Gasteiger partial charge in [-0.15, -0.1) is 0 Å². The molecule has 1 aliphatic carbocycles. The topological polar surface area (TPSA) is 0 Å². The van der Waals surface area contributed by atoms with Gasteiger partial charge in [0.05, 0.1) is 0 Å². The molecule has 3 aromatic rings. The minimum atomic E-state index is 0.0566.